The number of aliphatic hydroxyl groups is 1. The number of rotatable bonds is 5. The number of aliphatic hydroxyl groups excluding tert-OH is 1. The second-order valence-electron chi connectivity index (χ2n) is 4.49. The number of furan rings is 1. The van der Waals surface area contributed by atoms with Gasteiger partial charge in [0.1, 0.15) is 24.0 Å². The zero-order valence-corrected chi connectivity index (χ0v) is 10.1. The van der Waals surface area contributed by atoms with E-state index in [9.17, 15) is 5.11 Å². The number of hydrogen-bond donors (Lipinski definition) is 1. The summed E-state index contributed by atoms with van der Waals surface area (Å²) in [4.78, 5) is 4.17. The van der Waals surface area contributed by atoms with Crippen molar-refractivity contribution in [3.05, 3.63) is 36.3 Å². The van der Waals surface area contributed by atoms with Crippen molar-refractivity contribution in [3.63, 3.8) is 0 Å². The van der Waals surface area contributed by atoms with Gasteiger partial charge in [0.15, 0.2) is 0 Å². The Bertz CT molecular complexity index is 448. The zero-order chi connectivity index (χ0) is 12.3. The van der Waals surface area contributed by atoms with Crippen LogP contribution in [0.4, 0.5) is 0 Å². The lowest BCUT2D eigenvalue weighted by Gasteiger charge is -2.10. The maximum Gasteiger partial charge on any atom is 0.138 e. The molecule has 0 saturated heterocycles. The number of nitrogens with zero attached hydrogens (tertiary/aromatic N) is 3. The van der Waals surface area contributed by atoms with Crippen LogP contribution in [0.25, 0.3) is 0 Å². The predicted octanol–water partition coefficient (Wildman–Crippen LogP) is 1.80. The summed E-state index contributed by atoms with van der Waals surface area (Å²) >= 11 is 0. The van der Waals surface area contributed by atoms with Crippen molar-refractivity contribution >= 4 is 0 Å². The van der Waals surface area contributed by atoms with E-state index < -0.39 is 6.10 Å². The third kappa shape index (κ3) is 2.94. The first-order chi connectivity index (χ1) is 8.16. The van der Waals surface area contributed by atoms with Gasteiger partial charge >= 0.3 is 0 Å². The fourth-order valence-corrected chi connectivity index (χ4v) is 1.70. The van der Waals surface area contributed by atoms with E-state index in [1.54, 1.807) is 18.4 Å². The van der Waals surface area contributed by atoms with Gasteiger partial charge in [-0.3, -0.25) is 0 Å². The van der Waals surface area contributed by atoms with Crippen LogP contribution in [0.1, 0.15) is 31.5 Å². The Morgan fingerprint density at radius 2 is 2.29 bits per heavy atom. The Balaban J connectivity index is 2.06. The van der Waals surface area contributed by atoms with Crippen molar-refractivity contribution in [2.24, 2.45) is 5.92 Å². The van der Waals surface area contributed by atoms with Gasteiger partial charge in [0.25, 0.3) is 0 Å². The molecule has 0 saturated carbocycles. The first-order valence-electron chi connectivity index (χ1n) is 5.75. The summed E-state index contributed by atoms with van der Waals surface area (Å²) in [7, 11) is 0. The molecule has 2 aromatic rings. The first kappa shape index (κ1) is 11.9. The number of hydrogen-bond acceptors (Lipinski definition) is 4. The van der Waals surface area contributed by atoms with E-state index in [-0.39, 0.29) is 0 Å². The van der Waals surface area contributed by atoms with Crippen LogP contribution >= 0.6 is 0 Å². The lowest BCUT2D eigenvalue weighted by atomic mass is 10.2. The van der Waals surface area contributed by atoms with Gasteiger partial charge in [-0.15, -0.1) is 0 Å². The highest BCUT2D eigenvalue weighted by Gasteiger charge is 2.15. The molecule has 5 nitrogen and oxygen atoms in total. The van der Waals surface area contributed by atoms with Crippen LogP contribution in [-0.4, -0.2) is 19.9 Å². The summed E-state index contributed by atoms with van der Waals surface area (Å²) in [6.07, 6.45) is 2.82. The lowest BCUT2D eigenvalue weighted by Crippen LogP contribution is -2.13. The lowest BCUT2D eigenvalue weighted by molar-refractivity contribution is 0.146. The summed E-state index contributed by atoms with van der Waals surface area (Å²) in [5.74, 6) is 1.84. The van der Waals surface area contributed by atoms with Crippen LogP contribution in [-0.2, 0) is 13.0 Å². The van der Waals surface area contributed by atoms with E-state index >= 15 is 0 Å². The zero-order valence-electron chi connectivity index (χ0n) is 10.1. The van der Waals surface area contributed by atoms with Gasteiger partial charge < -0.3 is 9.52 Å². The second kappa shape index (κ2) is 5.14. The summed E-state index contributed by atoms with van der Waals surface area (Å²) in [5, 5.41) is 14.1. The summed E-state index contributed by atoms with van der Waals surface area (Å²) in [6.45, 7) is 5.04. The minimum Gasteiger partial charge on any atom is -0.467 e. The summed E-state index contributed by atoms with van der Waals surface area (Å²) in [5.41, 5.74) is 0. The van der Waals surface area contributed by atoms with Crippen molar-refractivity contribution in [2.75, 3.05) is 0 Å². The van der Waals surface area contributed by atoms with Gasteiger partial charge in [-0.25, -0.2) is 9.67 Å². The molecule has 0 bridgehead atoms. The van der Waals surface area contributed by atoms with Crippen LogP contribution in [0, 0.1) is 5.92 Å². The molecular formula is C12H17N3O2. The molecule has 92 valence electrons. The highest BCUT2D eigenvalue weighted by atomic mass is 16.4. The van der Waals surface area contributed by atoms with E-state index in [0.717, 1.165) is 12.4 Å². The Kier molecular flexibility index (Phi) is 3.58. The van der Waals surface area contributed by atoms with E-state index in [2.05, 4.69) is 23.9 Å². The molecule has 17 heavy (non-hydrogen) atoms. The van der Waals surface area contributed by atoms with Gasteiger partial charge in [0.2, 0.25) is 0 Å². The van der Waals surface area contributed by atoms with E-state index in [1.165, 1.54) is 6.33 Å². The normalized spacial score (nSPS) is 13.2. The molecule has 1 atom stereocenters. The molecule has 2 heterocycles. The molecule has 0 amide bonds. The molecule has 0 radical (unpaired) electrons. The van der Waals surface area contributed by atoms with Crippen LogP contribution in [0.3, 0.4) is 0 Å². The summed E-state index contributed by atoms with van der Waals surface area (Å²) < 4.78 is 6.99. The molecule has 2 aromatic heterocycles. The third-order valence-corrected chi connectivity index (χ3v) is 2.48. The Labute approximate surface area is 100 Å². The fraction of sp³-hybridized carbons (Fsp3) is 0.500. The Morgan fingerprint density at radius 1 is 1.47 bits per heavy atom. The van der Waals surface area contributed by atoms with Gasteiger partial charge in [-0.1, -0.05) is 13.8 Å². The minimum atomic E-state index is -0.667. The highest BCUT2D eigenvalue weighted by molar-refractivity contribution is 5.04. The topological polar surface area (TPSA) is 64.1 Å². The number of aromatic nitrogens is 3. The van der Waals surface area contributed by atoms with Crippen molar-refractivity contribution in [1.29, 1.82) is 0 Å². The van der Waals surface area contributed by atoms with Crippen LogP contribution in [0.15, 0.2) is 29.1 Å². The van der Waals surface area contributed by atoms with Crippen LogP contribution in [0.5, 0.6) is 0 Å². The molecule has 0 aliphatic heterocycles. The van der Waals surface area contributed by atoms with E-state index in [4.69, 9.17) is 4.42 Å². The predicted molar refractivity (Wildman–Crippen MR) is 62.2 cm³/mol. The second-order valence-corrected chi connectivity index (χ2v) is 4.49. The van der Waals surface area contributed by atoms with Crippen LogP contribution in [0.2, 0.25) is 0 Å². The standard InChI is InChI=1S/C12H17N3O2/c1-9(2)7-15-12(13-8-14-15)6-10(16)11-4-3-5-17-11/h3-5,8-10,16H,6-7H2,1-2H3. The minimum absolute atomic E-state index is 0.417. The van der Waals surface area contributed by atoms with Crippen molar-refractivity contribution in [1.82, 2.24) is 14.8 Å². The largest absolute Gasteiger partial charge is 0.467 e. The Morgan fingerprint density at radius 3 is 2.94 bits per heavy atom. The highest BCUT2D eigenvalue weighted by Crippen LogP contribution is 2.17. The Hall–Kier alpha value is -1.62. The molecule has 1 N–H and O–H groups in total. The monoisotopic (exact) mass is 235 g/mol. The van der Waals surface area contributed by atoms with Gasteiger partial charge in [0.05, 0.1) is 6.26 Å². The maximum absolute atomic E-state index is 9.96. The SMILES string of the molecule is CC(C)Cn1ncnc1CC(O)c1ccco1. The van der Waals surface area contributed by atoms with Crippen molar-refractivity contribution < 1.29 is 9.52 Å². The third-order valence-electron chi connectivity index (χ3n) is 2.48. The molecule has 2 rings (SSSR count). The van der Waals surface area contributed by atoms with Crippen LogP contribution < -0.4 is 0 Å². The van der Waals surface area contributed by atoms with Crippen molar-refractivity contribution in [2.45, 2.75) is 32.9 Å². The first-order valence-corrected chi connectivity index (χ1v) is 5.75. The fourth-order valence-electron chi connectivity index (χ4n) is 1.70. The van der Waals surface area contributed by atoms with Gasteiger partial charge in [-0.05, 0) is 18.1 Å². The average Bonchev–Trinajstić information content (AvgIpc) is 2.89. The molecule has 0 aromatic carbocycles. The van der Waals surface area contributed by atoms with Gasteiger partial charge in [-0.2, -0.15) is 5.10 Å². The van der Waals surface area contributed by atoms with E-state index in [1.807, 2.05) is 4.68 Å². The molecule has 0 spiro atoms. The quantitative estimate of drug-likeness (QED) is 0.858. The molecule has 1 unspecified atom stereocenters. The maximum atomic E-state index is 9.96. The smallest absolute Gasteiger partial charge is 0.138 e. The molecule has 5 heteroatoms. The van der Waals surface area contributed by atoms with Gasteiger partial charge in [0, 0.05) is 13.0 Å². The molecule has 0 aliphatic carbocycles. The molecule has 0 aliphatic rings. The summed E-state index contributed by atoms with van der Waals surface area (Å²) in [6, 6.07) is 3.52. The van der Waals surface area contributed by atoms with E-state index in [0.29, 0.717) is 18.1 Å². The van der Waals surface area contributed by atoms with Crippen molar-refractivity contribution in [3.8, 4) is 0 Å². The average molecular weight is 235 g/mol. The molecular weight excluding hydrogens is 218 g/mol. The molecule has 0 fully saturated rings.